The molecule has 0 aliphatic carbocycles. The van der Waals surface area contributed by atoms with Crippen LogP contribution in [-0.4, -0.2) is 11.0 Å². The summed E-state index contributed by atoms with van der Waals surface area (Å²) in [5.41, 5.74) is 3.19. The second-order valence-corrected chi connectivity index (χ2v) is 6.11. The van der Waals surface area contributed by atoms with Crippen LogP contribution >= 0.6 is 22.7 Å². The number of anilines is 1. The minimum absolute atomic E-state index is 0.210. The van der Waals surface area contributed by atoms with E-state index >= 15 is 0 Å². The van der Waals surface area contributed by atoms with Crippen LogP contribution in [0.15, 0.2) is 52.8 Å². The first-order valence-corrected chi connectivity index (χ1v) is 8.18. The molecule has 0 spiro atoms. The normalized spacial score (nSPS) is 10.3. The highest BCUT2D eigenvalue weighted by molar-refractivity contribution is 7.14. The second-order valence-electron chi connectivity index (χ2n) is 4.38. The first-order valence-electron chi connectivity index (χ1n) is 6.36. The molecule has 3 rings (SSSR count). The maximum Gasteiger partial charge on any atom is 0.320 e. The van der Waals surface area contributed by atoms with Gasteiger partial charge in [0.2, 0.25) is 0 Å². The largest absolute Gasteiger partial charge is 0.334 e. The van der Waals surface area contributed by atoms with Gasteiger partial charge in [0.25, 0.3) is 0 Å². The lowest BCUT2D eigenvalue weighted by Gasteiger charge is -2.07. The van der Waals surface area contributed by atoms with Crippen LogP contribution in [0.4, 0.5) is 9.80 Å². The van der Waals surface area contributed by atoms with E-state index in [1.54, 1.807) is 17.5 Å². The van der Waals surface area contributed by atoms with E-state index < -0.39 is 0 Å². The molecule has 3 heterocycles. The molecule has 0 aliphatic rings. The van der Waals surface area contributed by atoms with Crippen LogP contribution in [0.25, 0.3) is 11.1 Å². The Morgan fingerprint density at radius 1 is 1.19 bits per heavy atom. The third kappa shape index (κ3) is 3.68. The van der Waals surface area contributed by atoms with E-state index in [2.05, 4.69) is 27.1 Å². The molecule has 2 N–H and O–H groups in total. The fourth-order valence-corrected chi connectivity index (χ4v) is 3.14. The molecule has 0 aromatic carbocycles. The molecule has 106 valence electrons. The van der Waals surface area contributed by atoms with Crippen LogP contribution in [0, 0.1) is 0 Å². The van der Waals surface area contributed by atoms with E-state index in [9.17, 15) is 4.79 Å². The zero-order valence-electron chi connectivity index (χ0n) is 11.1. The number of hydrogen-bond donors (Lipinski definition) is 2. The molecule has 0 atom stereocenters. The van der Waals surface area contributed by atoms with Crippen molar-refractivity contribution < 1.29 is 4.79 Å². The van der Waals surface area contributed by atoms with E-state index in [-0.39, 0.29) is 6.03 Å². The van der Waals surface area contributed by atoms with Crippen molar-refractivity contribution in [3.8, 4) is 11.1 Å². The Labute approximate surface area is 130 Å². The van der Waals surface area contributed by atoms with Gasteiger partial charge in [-0.25, -0.2) is 4.79 Å². The van der Waals surface area contributed by atoms with E-state index in [1.807, 2.05) is 35.2 Å². The van der Waals surface area contributed by atoms with Gasteiger partial charge in [0, 0.05) is 24.5 Å². The highest BCUT2D eigenvalue weighted by atomic mass is 32.1. The number of rotatable bonds is 4. The van der Waals surface area contributed by atoms with Gasteiger partial charge in [-0.2, -0.15) is 11.3 Å². The molecule has 0 aliphatic heterocycles. The smallest absolute Gasteiger partial charge is 0.320 e. The molecule has 0 bridgehead atoms. The molecule has 0 saturated heterocycles. The van der Waals surface area contributed by atoms with Crippen molar-refractivity contribution in [1.29, 1.82) is 0 Å². The summed E-state index contributed by atoms with van der Waals surface area (Å²) in [6.45, 7) is 0.447. The molecule has 6 heteroatoms. The van der Waals surface area contributed by atoms with Crippen molar-refractivity contribution in [2.45, 2.75) is 6.54 Å². The van der Waals surface area contributed by atoms with E-state index in [0.29, 0.717) is 6.54 Å². The summed E-state index contributed by atoms with van der Waals surface area (Å²) >= 11 is 3.14. The summed E-state index contributed by atoms with van der Waals surface area (Å²) < 4.78 is 0. The maximum atomic E-state index is 11.8. The van der Waals surface area contributed by atoms with E-state index in [1.165, 1.54) is 11.3 Å². The lowest BCUT2D eigenvalue weighted by Crippen LogP contribution is -2.27. The standard InChI is InChI=1S/C15H13N3OS2/c19-15(18-14-2-1-4-21-14)17-8-11-6-13(9-16-7-11)12-3-5-20-10-12/h1-7,9-10H,8H2,(H2,17,18,19). The Hall–Kier alpha value is -2.18. The molecule has 0 saturated carbocycles. The van der Waals surface area contributed by atoms with Crippen LogP contribution in [0.5, 0.6) is 0 Å². The summed E-state index contributed by atoms with van der Waals surface area (Å²) in [5, 5.41) is 12.5. The predicted octanol–water partition coefficient (Wildman–Crippen LogP) is 4.19. The summed E-state index contributed by atoms with van der Waals surface area (Å²) in [7, 11) is 0. The number of nitrogens with zero attached hydrogens (tertiary/aromatic N) is 1. The number of urea groups is 1. The molecule has 3 aromatic heterocycles. The van der Waals surface area contributed by atoms with Crippen LogP contribution < -0.4 is 10.6 Å². The molecular weight excluding hydrogens is 302 g/mol. The van der Waals surface area contributed by atoms with Crippen molar-refractivity contribution in [2.75, 3.05) is 5.32 Å². The first-order chi connectivity index (χ1) is 10.3. The Morgan fingerprint density at radius 3 is 2.90 bits per heavy atom. The minimum Gasteiger partial charge on any atom is -0.334 e. The minimum atomic E-state index is -0.210. The Morgan fingerprint density at radius 2 is 2.14 bits per heavy atom. The fraction of sp³-hybridized carbons (Fsp3) is 0.0667. The van der Waals surface area contributed by atoms with Gasteiger partial charge in [-0.1, -0.05) is 0 Å². The Balaban J connectivity index is 1.60. The number of amides is 2. The highest BCUT2D eigenvalue weighted by Gasteiger charge is 2.04. The molecule has 0 fully saturated rings. The average Bonchev–Trinajstić information content (AvgIpc) is 3.19. The summed E-state index contributed by atoms with van der Waals surface area (Å²) in [6.07, 6.45) is 3.60. The quantitative estimate of drug-likeness (QED) is 0.758. The summed E-state index contributed by atoms with van der Waals surface area (Å²) in [5.74, 6) is 0. The number of carbonyl (C=O) groups is 1. The van der Waals surface area contributed by atoms with Crippen molar-refractivity contribution in [2.24, 2.45) is 0 Å². The monoisotopic (exact) mass is 315 g/mol. The van der Waals surface area contributed by atoms with Crippen LogP contribution in [0.2, 0.25) is 0 Å². The van der Waals surface area contributed by atoms with Crippen LogP contribution in [0.1, 0.15) is 5.56 Å². The molecular formula is C15H13N3OS2. The molecule has 2 amide bonds. The Bertz CT molecular complexity index is 708. The lowest BCUT2D eigenvalue weighted by atomic mass is 10.1. The summed E-state index contributed by atoms with van der Waals surface area (Å²) in [4.78, 5) is 16.0. The van der Waals surface area contributed by atoms with Crippen LogP contribution in [0.3, 0.4) is 0 Å². The van der Waals surface area contributed by atoms with Gasteiger partial charge < -0.3 is 5.32 Å². The maximum absolute atomic E-state index is 11.8. The number of carbonyl (C=O) groups excluding carboxylic acids is 1. The van der Waals surface area contributed by atoms with Crippen molar-refractivity contribution in [1.82, 2.24) is 10.3 Å². The molecule has 3 aromatic rings. The third-order valence-corrected chi connectivity index (χ3v) is 4.33. The molecule has 4 nitrogen and oxygen atoms in total. The van der Waals surface area contributed by atoms with E-state index in [0.717, 1.165) is 21.7 Å². The van der Waals surface area contributed by atoms with Gasteiger partial charge in [-0.15, -0.1) is 11.3 Å². The molecule has 0 unspecified atom stereocenters. The zero-order chi connectivity index (χ0) is 14.5. The van der Waals surface area contributed by atoms with Gasteiger partial charge >= 0.3 is 6.03 Å². The van der Waals surface area contributed by atoms with Gasteiger partial charge in [0.1, 0.15) is 0 Å². The zero-order valence-corrected chi connectivity index (χ0v) is 12.7. The molecule has 21 heavy (non-hydrogen) atoms. The van der Waals surface area contributed by atoms with Gasteiger partial charge in [0.15, 0.2) is 0 Å². The number of thiophene rings is 2. The SMILES string of the molecule is O=C(NCc1cncc(-c2ccsc2)c1)Nc1cccs1. The number of hydrogen-bond acceptors (Lipinski definition) is 4. The average molecular weight is 315 g/mol. The van der Waals surface area contributed by atoms with Gasteiger partial charge in [-0.3, -0.25) is 10.3 Å². The third-order valence-electron chi connectivity index (χ3n) is 2.86. The summed E-state index contributed by atoms with van der Waals surface area (Å²) in [6, 6.07) is 7.65. The van der Waals surface area contributed by atoms with Crippen molar-refractivity contribution >= 4 is 33.7 Å². The topological polar surface area (TPSA) is 54.0 Å². The van der Waals surface area contributed by atoms with Crippen molar-refractivity contribution in [3.63, 3.8) is 0 Å². The number of aromatic nitrogens is 1. The van der Waals surface area contributed by atoms with E-state index in [4.69, 9.17) is 0 Å². The van der Waals surface area contributed by atoms with Gasteiger partial charge in [-0.05, 0) is 51.5 Å². The number of pyridine rings is 1. The molecule has 0 radical (unpaired) electrons. The number of nitrogens with one attached hydrogen (secondary N) is 2. The Kier molecular flexibility index (Phi) is 4.28. The first kappa shape index (κ1) is 13.8. The predicted molar refractivity (Wildman–Crippen MR) is 87.7 cm³/mol. The fourth-order valence-electron chi connectivity index (χ4n) is 1.86. The van der Waals surface area contributed by atoms with Crippen LogP contribution in [-0.2, 0) is 6.54 Å². The lowest BCUT2D eigenvalue weighted by molar-refractivity contribution is 0.252. The van der Waals surface area contributed by atoms with Gasteiger partial charge in [0.05, 0.1) is 5.00 Å². The van der Waals surface area contributed by atoms with Crippen molar-refractivity contribution in [3.05, 3.63) is 58.4 Å². The highest BCUT2D eigenvalue weighted by Crippen LogP contribution is 2.22. The second kappa shape index (κ2) is 6.51.